The summed E-state index contributed by atoms with van der Waals surface area (Å²) in [4.78, 5) is 32.2. The van der Waals surface area contributed by atoms with Crippen molar-refractivity contribution in [3.8, 4) is 5.75 Å². The van der Waals surface area contributed by atoms with Gasteiger partial charge >= 0.3 is 6.03 Å². The summed E-state index contributed by atoms with van der Waals surface area (Å²) in [5.74, 6) is -1.79. The zero-order valence-corrected chi connectivity index (χ0v) is 16.5. The fourth-order valence-electron chi connectivity index (χ4n) is 3.48. The molecule has 158 valence electrons. The van der Waals surface area contributed by atoms with Crippen LogP contribution in [0.15, 0.2) is 24.4 Å². The molecule has 2 N–H and O–H groups in total. The first-order valence-electron chi connectivity index (χ1n) is 9.49. The summed E-state index contributed by atoms with van der Waals surface area (Å²) < 4.78 is 33.2. The van der Waals surface area contributed by atoms with Crippen LogP contribution in [0.4, 0.5) is 25.0 Å². The van der Waals surface area contributed by atoms with E-state index in [0.29, 0.717) is 18.1 Å². The van der Waals surface area contributed by atoms with Crippen molar-refractivity contribution in [2.24, 2.45) is 0 Å². The zero-order valence-electron chi connectivity index (χ0n) is 16.5. The normalized spacial score (nSPS) is 16.2. The van der Waals surface area contributed by atoms with Crippen molar-refractivity contribution in [2.45, 2.75) is 19.5 Å². The molecule has 0 radical (unpaired) electrons. The number of nitrogens with zero attached hydrogens (tertiary/aromatic N) is 3. The van der Waals surface area contributed by atoms with Gasteiger partial charge in [0.2, 0.25) is 5.91 Å². The molecule has 0 bridgehead atoms. The highest BCUT2D eigenvalue weighted by atomic mass is 19.2. The molecule has 0 unspecified atom stereocenters. The molecule has 4 rings (SSSR count). The van der Waals surface area contributed by atoms with Gasteiger partial charge in [0.15, 0.2) is 11.6 Å². The molecule has 2 aliphatic rings. The van der Waals surface area contributed by atoms with Gasteiger partial charge in [-0.05, 0) is 19.1 Å². The Kier molecular flexibility index (Phi) is 5.15. The van der Waals surface area contributed by atoms with Crippen LogP contribution in [0.5, 0.6) is 5.75 Å². The van der Waals surface area contributed by atoms with Crippen LogP contribution in [-0.4, -0.2) is 48.6 Å². The number of amides is 3. The molecule has 1 atom stereocenters. The standard InChI is InChI=1S/C20H21F2N5O3/c1-11(15-7-17-16(8-23-15)26(2)5-6-30-17)24-18(28)10-27-9-12-14(25-20(27)29)4-3-13(21)19(12)22/h3-4,7-8,11H,5-6,9-10H2,1-2H3,(H,24,28)(H,25,29)/t11-/m1/s1. The molecule has 0 fully saturated rings. The van der Waals surface area contributed by atoms with Crippen LogP contribution in [-0.2, 0) is 11.3 Å². The Morgan fingerprint density at radius 2 is 2.20 bits per heavy atom. The minimum absolute atomic E-state index is 0.00747. The molecule has 3 amide bonds. The van der Waals surface area contributed by atoms with Gasteiger partial charge in [-0.3, -0.25) is 9.78 Å². The number of ether oxygens (including phenoxy) is 1. The van der Waals surface area contributed by atoms with Gasteiger partial charge in [0.1, 0.15) is 18.9 Å². The number of hydrogen-bond acceptors (Lipinski definition) is 5. The van der Waals surface area contributed by atoms with Crippen LogP contribution in [0.3, 0.4) is 0 Å². The highest BCUT2D eigenvalue weighted by Gasteiger charge is 2.28. The Bertz CT molecular complexity index is 1020. The van der Waals surface area contributed by atoms with E-state index in [0.717, 1.165) is 23.2 Å². The van der Waals surface area contributed by atoms with Crippen LogP contribution >= 0.6 is 0 Å². The largest absolute Gasteiger partial charge is 0.489 e. The van der Waals surface area contributed by atoms with E-state index in [4.69, 9.17) is 4.74 Å². The minimum atomic E-state index is -1.03. The highest BCUT2D eigenvalue weighted by molar-refractivity contribution is 5.95. The van der Waals surface area contributed by atoms with Gasteiger partial charge in [-0.15, -0.1) is 0 Å². The fourth-order valence-corrected chi connectivity index (χ4v) is 3.48. The molecule has 1 aromatic carbocycles. The first-order valence-corrected chi connectivity index (χ1v) is 9.49. The van der Waals surface area contributed by atoms with E-state index >= 15 is 0 Å². The van der Waals surface area contributed by atoms with E-state index in [1.807, 2.05) is 11.9 Å². The summed E-state index contributed by atoms with van der Waals surface area (Å²) >= 11 is 0. The average molecular weight is 417 g/mol. The maximum Gasteiger partial charge on any atom is 0.322 e. The number of rotatable bonds is 4. The Morgan fingerprint density at radius 3 is 3.00 bits per heavy atom. The smallest absolute Gasteiger partial charge is 0.322 e. The number of aromatic nitrogens is 1. The van der Waals surface area contributed by atoms with Crippen LogP contribution in [0, 0.1) is 11.6 Å². The maximum atomic E-state index is 14.0. The molecule has 2 aliphatic heterocycles. The molecule has 0 aliphatic carbocycles. The molecule has 0 saturated heterocycles. The Hall–Kier alpha value is -3.43. The summed E-state index contributed by atoms with van der Waals surface area (Å²) in [6.45, 7) is 2.58. The van der Waals surface area contributed by atoms with Crippen molar-refractivity contribution < 1.29 is 23.1 Å². The number of hydrogen-bond donors (Lipinski definition) is 2. The van der Waals surface area contributed by atoms with Gasteiger partial charge in [-0.1, -0.05) is 0 Å². The molecule has 8 nitrogen and oxygen atoms in total. The second-order valence-corrected chi connectivity index (χ2v) is 7.31. The molecule has 0 spiro atoms. The van der Waals surface area contributed by atoms with E-state index in [9.17, 15) is 18.4 Å². The molecular formula is C20H21F2N5O3. The van der Waals surface area contributed by atoms with Crippen LogP contribution in [0.1, 0.15) is 24.2 Å². The van der Waals surface area contributed by atoms with E-state index < -0.39 is 29.6 Å². The van der Waals surface area contributed by atoms with E-state index in [1.54, 1.807) is 19.2 Å². The fraction of sp³-hybridized carbons (Fsp3) is 0.350. The van der Waals surface area contributed by atoms with Crippen LogP contribution < -0.4 is 20.3 Å². The summed E-state index contributed by atoms with van der Waals surface area (Å²) in [7, 11) is 1.95. The first kappa shape index (κ1) is 19.9. The van der Waals surface area contributed by atoms with Gasteiger partial charge in [0, 0.05) is 18.7 Å². The molecule has 2 aromatic rings. The molecular weight excluding hydrogens is 396 g/mol. The number of carbonyl (C=O) groups is 2. The number of benzene rings is 1. The topological polar surface area (TPSA) is 86.8 Å². The van der Waals surface area contributed by atoms with Crippen molar-refractivity contribution in [1.29, 1.82) is 0 Å². The lowest BCUT2D eigenvalue weighted by molar-refractivity contribution is -0.122. The summed E-state index contributed by atoms with van der Waals surface area (Å²) in [6, 6.07) is 3.03. The Labute approximate surface area is 171 Å². The summed E-state index contributed by atoms with van der Waals surface area (Å²) in [5, 5.41) is 5.25. The van der Waals surface area contributed by atoms with Gasteiger partial charge < -0.3 is 25.2 Å². The molecule has 1 aromatic heterocycles. The molecule has 10 heteroatoms. The summed E-state index contributed by atoms with van der Waals surface area (Å²) in [6.07, 6.45) is 1.69. The third-order valence-corrected chi connectivity index (χ3v) is 5.19. The van der Waals surface area contributed by atoms with Crippen molar-refractivity contribution in [3.05, 3.63) is 47.3 Å². The number of nitrogens with one attached hydrogen (secondary N) is 2. The predicted molar refractivity (Wildman–Crippen MR) is 105 cm³/mol. The number of urea groups is 1. The van der Waals surface area contributed by atoms with Crippen LogP contribution in [0.25, 0.3) is 0 Å². The van der Waals surface area contributed by atoms with Gasteiger partial charge in [0.25, 0.3) is 0 Å². The van der Waals surface area contributed by atoms with Gasteiger partial charge in [-0.2, -0.15) is 0 Å². The maximum absolute atomic E-state index is 14.0. The summed E-state index contributed by atoms with van der Waals surface area (Å²) in [5.41, 5.74) is 1.70. The third-order valence-electron chi connectivity index (χ3n) is 5.19. The number of fused-ring (bicyclic) bond motifs is 2. The van der Waals surface area contributed by atoms with Crippen molar-refractivity contribution in [3.63, 3.8) is 0 Å². The Morgan fingerprint density at radius 1 is 1.40 bits per heavy atom. The first-order chi connectivity index (χ1) is 14.3. The lowest BCUT2D eigenvalue weighted by Gasteiger charge is -2.30. The van der Waals surface area contributed by atoms with Gasteiger partial charge in [-0.25, -0.2) is 13.6 Å². The van der Waals surface area contributed by atoms with Crippen LogP contribution in [0.2, 0.25) is 0 Å². The number of anilines is 2. The van der Waals surface area contributed by atoms with E-state index in [1.165, 1.54) is 6.07 Å². The lowest BCUT2D eigenvalue weighted by atomic mass is 10.1. The average Bonchev–Trinajstić information content (AvgIpc) is 2.72. The lowest BCUT2D eigenvalue weighted by Crippen LogP contribution is -2.45. The van der Waals surface area contributed by atoms with Crippen molar-refractivity contribution in [1.82, 2.24) is 15.2 Å². The van der Waals surface area contributed by atoms with Crippen molar-refractivity contribution in [2.75, 3.05) is 37.0 Å². The van der Waals surface area contributed by atoms with E-state index in [-0.39, 0.29) is 24.3 Å². The molecule has 30 heavy (non-hydrogen) atoms. The quantitative estimate of drug-likeness (QED) is 0.798. The number of carbonyl (C=O) groups excluding carboxylic acids is 2. The Balaban J connectivity index is 1.42. The van der Waals surface area contributed by atoms with Crippen molar-refractivity contribution >= 4 is 23.3 Å². The second kappa shape index (κ2) is 7.77. The van der Waals surface area contributed by atoms with E-state index in [2.05, 4.69) is 15.6 Å². The SMILES string of the molecule is C[C@@H](NC(=O)CN1Cc2c(ccc(F)c2F)NC1=O)c1cc2c(cn1)N(C)CCO2. The third kappa shape index (κ3) is 3.72. The second-order valence-electron chi connectivity index (χ2n) is 7.31. The number of likely N-dealkylation sites (N-methyl/N-ethyl adjacent to an activating group) is 1. The predicted octanol–water partition coefficient (Wildman–Crippen LogP) is 2.41. The zero-order chi connectivity index (χ0) is 21.4. The minimum Gasteiger partial charge on any atom is -0.489 e. The molecule has 3 heterocycles. The highest BCUT2D eigenvalue weighted by Crippen LogP contribution is 2.31. The van der Waals surface area contributed by atoms with Gasteiger partial charge in [0.05, 0.1) is 42.4 Å². The number of halogens is 2. The molecule has 0 saturated carbocycles. The monoisotopic (exact) mass is 417 g/mol. The number of pyridine rings is 1.